The van der Waals surface area contributed by atoms with Gasteiger partial charge in [0.25, 0.3) is 0 Å². The molecule has 0 radical (unpaired) electrons. The van der Waals surface area contributed by atoms with Crippen LogP contribution in [0.5, 0.6) is 0 Å². The lowest BCUT2D eigenvalue weighted by Crippen LogP contribution is -2.58. The molecule has 1 aromatic carbocycles. The first kappa shape index (κ1) is 15.7. The van der Waals surface area contributed by atoms with Crippen molar-refractivity contribution in [1.29, 1.82) is 0 Å². The van der Waals surface area contributed by atoms with Gasteiger partial charge in [0, 0.05) is 17.6 Å². The van der Waals surface area contributed by atoms with Crippen molar-refractivity contribution in [2.75, 3.05) is 0 Å². The monoisotopic (exact) mass is 340 g/mol. The van der Waals surface area contributed by atoms with Crippen molar-refractivity contribution < 1.29 is 17.6 Å². The smallest absolute Gasteiger partial charge is 0.408 e. The quantitative estimate of drug-likeness (QED) is 0.892. The highest BCUT2D eigenvalue weighted by molar-refractivity contribution is 5.75. The van der Waals surface area contributed by atoms with Crippen LogP contribution in [0.1, 0.15) is 44.1 Å². The van der Waals surface area contributed by atoms with Gasteiger partial charge in [-0.25, -0.2) is 4.79 Å². The largest absolute Gasteiger partial charge is 0.417 e. The average molecular weight is 340 g/mol. The summed E-state index contributed by atoms with van der Waals surface area (Å²) in [5.41, 5.74) is 0.302. The Morgan fingerprint density at radius 1 is 1.12 bits per heavy atom. The van der Waals surface area contributed by atoms with Crippen molar-refractivity contribution >= 4 is 11.1 Å². The summed E-state index contributed by atoms with van der Waals surface area (Å²) in [6.07, 6.45) is -1.87. The lowest BCUT2D eigenvalue weighted by Gasteiger charge is -2.54. The van der Waals surface area contributed by atoms with Gasteiger partial charge >= 0.3 is 11.9 Å². The number of para-hydroxylation sites is 1. The zero-order valence-electron chi connectivity index (χ0n) is 13.1. The molecule has 3 aliphatic carbocycles. The molecule has 1 aromatic heterocycles. The Morgan fingerprint density at radius 2 is 1.79 bits per heavy atom. The first-order valence-electron chi connectivity index (χ1n) is 8.25. The van der Waals surface area contributed by atoms with Crippen LogP contribution in [0.3, 0.4) is 0 Å². The SMILES string of the molecule is O=c1[nH]c2cccc(CNC34CCC(C(F)(F)F)(CC3)CC4)c2o1. The maximum absolute atomic E-state index is 13.3. The Morgan fingerprint density at radius 3 is 2.42 bits per heavy atom. The Balaban J connectivity index is 1.50. The first-order valence-corrected chi connectivity index (χ1v) is 8.25. The van der Waals surface area contributed by atoms with Gasteiger partial charge in [0.1, 0.15) is 0 Å². The molecule has 1 heterocycles. The third-order valence-corrected chi connectivity index (χ3v) is 6.03. The molecule has 0 unspecified atom stereocenters. The van der Waals surface area contributed by atoms with Crippen LogP contribution >= 0.6 is 0 Å². The van der Waals surface area contributed by atoms with Crippen molar-refractivity contribution in [2.24, 2.45) is 5.41 Å². The second-order valence-corrected chi connectivity index (χ2v) is 7.22. The number of aromatic nitrogens is 1. The molecule has 0 aliphatic heterocycles. The Bertz CT molecular complexity index is 797. The van der Waals surface area contributed by atoms with E-state index in [0.29, 0.717) is 36.9 Å². The molecule has 2 bridgehead atoms. The van der Waals surface area contributed by atoms with E-state index >= 15 is 0 Å². The third kappa shape index (κ3) is 2.37. The van der Waals surface area contributed by atoms with Crippen LogP contribution in [0.25, 0.3) is 11.1 Å². The fraction of sp³-hybridized carbons (Fsp3) is 0.588. The topological polar surface area (TPSA) is 58.0 Å². The minimum atomic E-state index is -4.10. The van der Waals surface area contributed by atoms with Gasteiger partial charge in [-0.2, -0.15) is 13.2 Å². The molecular formula is C17H19F3N2O2. The summed E-state index contributed by atoms with van der Waals surface area (Å²) in [6, 6.07) is 5.47. The van der Waals surface area contributed by atoms with E-state index in [2.05, 4.69) is 10.3 Å². The van der Waals surface area contributed by atoms with Crippen LogP contribution in [0.2, 0.25) is 0 Å². The van der Waals surface area contributed by atoms with Crippen molar-refractivity contribution in [3.05, 3.63) is 34.3 Å². The molecule has 4 nitrogen and oxygen atoms in total. The van der Waals surface area contributed by atoms with Crippen molar-refractivity contribution in [3.8, 4) is 0 Å². The summed E-state index contributed by atoms with van der Waals surface area (Å²) in [6.45, 7) is 0.483. The van der Waals surface area contributed by atoms with Crippen LogP contribution in [0.15, 0.2) is 27.4 Å². The summed E-state index contributed by atoms with van der Waals surface area (Å²) in [5, 5.41) is 3.47. The van der Waals surface area contributed by atoms with Gasteiger partial charge in [-0.1, -0.05) is 12.1 Å². The summed E-state index contributed by atoms with van der Waals surface area (Å²) < 4.78 is 45.1. The van der Waals surface area contributed by atoms with Gasteiger partial charge in [-0.15, -0.1) is 0 Å². The second kappa shape index (κ2) is 5.12. The number of H-pyrrole nitrogens is 1. The third-order valence-electron chi connectivity index (χ3n) is 6.03. The summed E-state index contributed by atoms with van der Waals surface area (Å²) in [5.74, 6) is -0.499. The number of hydrogen-bond acceptors (Lipinski definition) is 3. The number of rotatable bonds is 3. The Hall–Kier alpha value is -1.76. The molecule has 130 valence electrons. The van der Waals surface area contributed by atoms with Gasteiger partial charge in [0.2, 0.25) is 0 Å². The molecule has 24 heavy (non-hydrogen) atoms. The van der Waals surface area contributed by atoms with E-state index in [4.69, 9.17) is 4.42 Å². The highest BCUT2D eigenvalue weighted by Crippen LogP contribution is 2.59. The number of fused-ring (bicyclic) bond motifs is 4. The molecule has 0 atom stereocenters. The lowest BCUT2D eigenvalue weighted by atomic mass is 9.57. The molecule has 3 saturated carbocycles. The number of alkyl halides is 3. The molecule has 3 fully saturated rings. The van der Waals surface area contributed by atoms with Crippen molar-refractivity contribution in [1.82, 2.24) is 10.3 Å². The molecule has 7 heteroatoms. The van der Waals surface area contributed by atoms with Crippen molar-refractivity contribution in [2.45, 2.75) is 56.8 Å². The summed E-state index contributed by atoms with van der Waals surface area (Å²) in [4.78, 5) is 14.0. The molecular weight excluding hydrogens is 321 g/mol. The van der Waals surface area contributed by atoms with E-state index in [-0.39, 0.29) is 24.8 Å². The fourth-order valence-electron chi connectivity index (χ4n) is 4.33. The van der Waals surface area contributed by atoms with E-state index in [1.54, 1.807) is 6.07 Å². The van der Waals surface area contributed by atoms with Gasteiger partial charge in [-0.3, -0.25) is 4.98 Å². The minimum absolute atomic E-state index is 0.201. The molecule has 3 aliphatic rings. The predicted octanol–water partition coefficient (Wildman–Crippen LogP) is 3.87. The second-order valence-electron chi connectivity index (χ2n) is 7.22. The number of aromatic amines is 1. The number of oxazole rings is 1. The summed E-state index contributed by atoms with van der Waals surface area (Å²) >= 11 is 0. The highest BCUT2D eigenvalue weighted by atomic mass is 19.4. The van der Waals surface area contributed by atoms with E-state index in [0.717, 1.165) is 5.56 Å². The van der Waals surface area contributed by atoms with Gasteiger partial charge in [0.15, 0.2) is 5.58 Å². The summed E-state index contributed by atoms with van der Waals surface area (Å²) in [7, 11) is 0. The molecule has 0 amide bonds. The zero-order valence-corrected chi connectivity index (χ0v) is 13.1. The number of benzene rings is 1. The normalized spacial score (nSPS) is 30.1. The van der Waals surface area contributed by atoms with E-state index in [1.165, 1.54) is 0 Å². The van der Waals surface area contributed by atoms with Gasteiger partial charge < -0.3 is 9.73 Å². The maximum Gasteiger partial charge on any atom is 0.417 e. The minimum Gasteiger partial charge on any atom is -0.408 e. The van der Waals surface area contributed by atoms with Gasteiger partial charge in [-0.05, 0) is 44.6 Å². The first-order chi connectivity index (χ1) is 11.3. The van der Waals surface area contributed by atoms with Crippen LogP contribution in [0.4, 0.5) is 13.2 Å². The molecule has 2 N–H and O–H groups in total. The standard InChI is InChI=1S/C17H19F3N2O2/c18-17(19,20)15-4-7-16(8-5-15,9-6-15)21-10-11-2-1-3-12-13(11)24-14(23)22-12/h1-3,21H,4-10H2,(H,22,23). The Labute approximate surface area is 136 Å². The average Bonchev–Trinajstić information content (AvgIpc) is 2.94. The van der Waals surface area contributed by atoms with E-state index in [1.807, 2.05) is 12.1 Å². The highest BCUT2D eigenvalue weighted by Gasteiger charge is 2.61. The van der Waals surface area contributed by atoms with Crippen LogP contribution in [-0.2, 0) is 6.54 Å². The van der Waals surface area contributed by atoms with Crippen LogP contribution < -0.4 is 11.1 Å². The number of halogens is 3. The van der Waals surface area contributed by atoms with Gasteiger partial charge in [0.05, 0.1) is 10.9 Å². The zero-order chi connectivity index (χ0) is 17.0. The number of nitrogens with one attached hydrogen (secondary N) is 2. The Kier molecular flexibility index (Phi) is 3.36. The van der Waals surface area contributed by atoms with Crippen molar-refractivity contribution in [3.63, 3.8) is 0 Å². The molecule has 2 aromatic rings. The predicted molar refractivity (Wildman–Crippen MR) is 82.6 cm³/mol. The maximum atomic E-state index is 13.3. The molecule has 5 rings (SSSR count). The van der Waals surface area contributed by atoms with Crippen LogP contribution in [0, 0.1) is 5.41 Å². The molecule has 0 spiro atoms. The lowest BCUT2D eigenvalue weighted by molar-refractivity contribution is -0.254. The fourth-order valence-corrected chi connectivity index (χ4v) is 4.33. The van der Waals surface area contributed by atoms with E-state index < -0.39 is 17.3 Å². The number of hydrogen-bond donors (Lipinski definition) is 2. The van der Waals surface area contributed by atoms with E-state index in [9.17, 15) is 18.0 Å². The van der Waals surface area contributed by atoms with Crippen LogP contribution in [-0.4, -0.2) is 16.7 Å². The molecule has 0 saturated heterocycles.